The van der Waals surface area contributed by atoms with Crippen LogP contribution in [-0.2, 0) is 26.3 Å². The lowest BCUT2D eigenvalue weighted by Crippen LogP contribution is -2.12. The first-order valence-corrected chi connectivity index (χ1v) is 14.1. The summed E-state index contributed by atoms with van der Waals surface area (Å²) in [5.41, 5.74) is 5.55. The predicted octanol–water partition coefficient (Wildman–Crippen LogP) is 7.24. The van der Waals surface area contributed by atoms with Crippen LogP contribution >= 0.6 is 0 Å². The second kappa shape index (κ2) is 13.5. The van der Waals surface area contributed by atoms with Crippen LogP contribution in [0.25, 0.3) is 0 Å². The molecular formula is C35H33N3O4. The molecule has 0 spiro atoms. The molecule has 1 aromatic heterocycles. The van der Waals surface area contributed by atoms with Crippen molar-refractivity contribution >= 4 is 11.4 Å². The fraction of sp³-hybridized carbons (Fsp3) is 0.171. The number of fused-ring (bicyclic) bond motifs is 6. The molecule has 4 aromatic carbocycles. The van der Waals surface area contributed by atoms with Gasteiger partial charge in [0.25, 0.3) is 0 Å². The van der Waals surface area contributed by atoms with E-state index in [2.05, 4.69) is 22.8 Å². The van der Waals surface area contributed by atoms with Crippen molar-refractivity contribution in [3.8, 4) is 23.0 Å². The van der Waals surface area contributed by atoms with Crippen LogP contribution in [0.5, 0.6) is 23.0 Å². The minimum Gasteiger partial charge on any atom is -0.488 e. The highest BCUT2D eigenvalue weighted by atomic mass is 16.5. The average Bonchev–Trinajstić information content (AvgIpc) is 3.04. The number of nitrogens with zero attached hydrogens (tertiary/aromatic N) is 1. The van der Waals surface area contributed by atoms with Crippen LogP contribution in [0, 0.1) is 0 Å². The van der Waals surface area contributed by atoms with Gasteiger partial charge in [-0.3, -0.25) is 4.98 Å². The third-order valence-corrected chi connectivity index (χ3v) is 6.87. The van der Waals surface area contributed by atoms with Crippen LogP contribution in [0.15, 0.2) is 115 Å². The number of rotatable bonds is 0. The summed E-state index contributed by atoms with van der Waals surface area (Å²) in [4.78, 5) is 4.79. The molecule has 0 atom stereocenters. The Hall–Kier alpha value is -5.17. The van der Waals surface area contributed by atoms with Crippen molar-refractivity contribution in [2.75, 3.05) is 23.8 Å². The van der Waals surface area contributed by atoms with Crippen molar-refractivity contribution in [3.05, 3.63) is 138 Å². The standard InChI is InChI=1S/C35H33N3O4/c1-5-16-32-26(10-1)22-36-30-14-3-7-18-34(30)39-20-21-40-35-19-8-4-15-31(35)37-23-27-11-2-6-17-33(27)42-25-29-13-9-12-28(38-29)24-41-32/h1-19,36-37H,20-25H2. The molecule has 7 heteroatoms. The molecule has 0 aliphatic carbocycles. The van der Waals surface area contributed by atoms with Crippen LogP contribution in [0.1, 0.15) is 22.5 Å². The Labute approximate surface area is 246 Å². The van der Waals surface area contributed by atoms with Gasteiger partial charge < -0.3 is 29.6 Å². The van der Waals surface area contributed by atoms with Crippen molar-refractivity contribution in [3.63, 3.8) is 0 Å². The molecule has 2 bridgehead atoms. The highest BCUT2D eigenvalue weighted by Crippen LogP contribution is 2.29. The van der Waals surface area contributed by atoms with Crippen molar-refractivity contribution in [2.24, 2.45) is 0 Å². The van der Waals surface area contributed by atoms with Crippen LogP contribution in [0.3, 0.4) is 0 Å². The average molecular weight is 560 g/mol. The van der Waals surface area contributed by atoms with Gasteiger partial charge in [-0.05, 0) is 48.5 Å². The number of pyridine rings is 1. The largest absolute Gasteiger partial charge is 0.488 e. The lowest BCUT2D eigenvalue weighted by Gasteiger charge is -2.16. The highest BCUT2D eigenvalue weighted by Gasteiger charge is 2.10. The normalized spacial score (nSPS) is 13.8. The molecule has 2 heterocycles. The van der Waals surface area contributed by atoms with E-state index in [4.69, 9.17) is 23.9 Å². The molecule has 0 fully saturated rings. The number of nitrogens with one attached hydrogen (secondary N) is 2. The molecule has 1 aliphatic heterocycles. The van der Waals surface area contributed by atoms with Crippen molar-refractivity contribution in [1.29, 1.82) is 0 Å². The molecule has 42 heavy (non-hydrogen) atoms. The Bertz CT molecular complexity index is 1510. The van der Waals surface area contributed by atoms with Gasteiger partial charge in [0.05, 0.1) is 22.8 Å². The first-order valence-electron chi connectivity index (χ1n) is 14.1. The summed E-state index contributed by atoms with van der Waals surface area (Å²) in [6.07, 6.45) is 0. The van der Waals surface area contributed by atoms with Crippen LogP contribution in [-0.4, -0.2) is 18.2 Å². The third-order valence-electron chi connectivity index (χ3n) is 6.87. The van der Waals surface area contributed by atoms with Gasteiger partial charge >= 0.3 is 0 Å². The number of hydrogen-bond donors (Lipinski definition) is 2. The lowest BCUT2D eigenvalue weighted by molar-refractivity contribution is 0.218. The SMILES string of the molecule is c1cc2nc(c1)COc1ccccc1CNc1ccccc1OCCOc1ccccc1NCc1ccccc1OC2. The fourth-order valence-electron chi connectivity index (χ4n) is 4.74. The van der Waals surface area contributed by atoms with Gasteiger partial charge in [0.1, 0.15) is 49.4 Å². The third kappa shape index (κ3) is 6.93. The van der Waals surface area contributed by atoms with Crippen LogP contribution < -0.4 is 29.6 Å². The van der Waals surface area contributed by atoms with E-state index < -0.39 is 0 Å². The van der Waals surface area contributed by atoms with E-state index in [1.807, 2.05) is 103 Å². The summed E-state index contributed by atoms with van der Waals surface area (Å²) < 4.78 is 24.7. The van der Waals surface area contributed by atoms with Gasteiger partial charge in [-0.15, -0.1) is 0 Å². The number of ether oxygens (including phenoxy) is 4. The van der Waals surface area contributed by atoms with E-state index >= 15 is 0 Å². The maximum absolute atomic E-state index is 6.23. The molecule has 0 saturated carbocycles. The Morgan fingerprint density at radius 1 is 0.429 bits per heavy atom. The number of aromatic nitrogens is 1. The van der Waals surface area contributed by atoms with E-state index in [1.54, 1.807) is 0 Å². The first kappa shape index (κ1) is 27.0. The van der Waals surface area contributed by atoms with E-state index in [9.17, 15) is 0 Å². The molecule has 5 aromatic rings. The Morgan fingerprint density at radius 2 is 0.857 bits per heavy atom. The van der Waals surface area contributed by atoms with Crippen molar-refractivity contribution in [2.45, 2.75) is 26.3 Å². The number of benzene rings is 4. The summed E-state index contributed by atoms with van der Waals surface area (Å²) in [5.74, 6) is 3.14. The topological polar surface area (TPSA) is 73.9 Å². The molecule has 1 aliphatic rings. The van der Waals surface area contributed by atoms with Crippen molar-refractivity contribution in [1.82, 2.24) is 4.98 Å². The zero-order chi connectivity index (χ0) is 28.4. The molecule has 0 radical (unpaired) electrons. The number of anilines is 2. The maximum Gasteiger partial charge on any atom is 0.142 e. The molecule has 212 valence electrons. The van der Waals surface area contributed by atoms with E-state index in [0.29, 0.717) is 39.5 Å². The second-order valence-corrected chi connectivity index (χ2v) is 9.81. The van der Waals surface area contributed by atoms with Crippen LogP contribution in [0.2, 0.25) is 0 Å². The number of para-hydroxylation sites is 6. The van der Waals surface area contributed by atoms with Crippen molar-refractivity contribution < 1.29 is 18.9 Å². The smallest absolute Gasteiger partial charge is 0.142 e. The summed E-state index contributed by atoms with van der Waals surface area (Å²) in [6.45, 7) is 2.65. The Kier molecular flexibility index (Phi) is 8.66. The van der Waals surface area contributed by atoms with Gasteiger partial charge in [0, 0.05) is 24.2 Å². The summed E-state index contributed by atoms with van der Waals surface area (Å²) >= 11 is 0. The van der Waals surface area contributed by atoms with Gasteiger partial charge in [0.15, 0.2) is 0 Å². The minimum absolute atomic E-state index is 0.352. The van der Waals surface area contributed by atoms with Gasteiger partial charge in [-0.1, -0.05) is 66.7 Å². The van der Waals surface area contributed by atoms with Gasteiger partial charge in [-0.25, -0.2) is 0 Å². The minimum atomic E-state index is 0.352. The van der Waals surface area contributed by atoms with Gasteiger partial charge in [0.2, 0.25) is 0 Å². The zero-order valence-electron chi connectivity index (χ0n) is 23.3. The quantitative estimate of drug-likeness (QED) is 0.207. The van der Waals surface area contributed by atoms with Crippen LogP contribution in [0.4, 0.5) is 11.4 Å². The Balaban J connectivity index is 1.26. The Morgan fingerprint density at radius 3 is 1.36 bits per heavy atom. The first-order chi connectivity index (χ1) is 20.8. The molecule has 6 rings (SSSR count). The monoisotopic (exact) mass is 559 g/mol. The van der Waals surface area contributed by atoms with E-state index in [0.717, 1.165) is 56.9 Å². The maximum atomic E-state index is 6.23. The summed E-state index contributed by atoms with van der Waals surface area (Å²) in [7, 11) is 0. The molecule has 0 saturated heterocycles. The molecule has 0 unspecified atom stereocenters. The summed E-state index contributed by atoms with van der Waals surface area (Å²) in [6, 6.07) is 37.8. The molecule has 2 N–H and O–H groups in total. The molecule has 0 amide bonds. The fourth-order valence-corrected chi connectivity index (χ4v) is 4.74. The van der Waals surface area contributed by atoms with E-state index in [-0.39, 0.29) is 0 Å². The molecule has 7 nitrogen and oxygen atoms in total. The number of hydrogen-bond acceptors (Lipinski definition) is 7. The highest BCUT2D eigenvalue weighted by molar-refractivity contribution is 5.58. The van der Waals surface area contributed by atoms with Gasteiger partial charge in [-0.2, -0.15) is 0 Å². The molecular weight excluding hydrogens is 526 g/mol. The van der Waals surface area contributed by atoms with E-state index in [1.165, 1.54) is 0 Å². The predicted molar refractivity (Wildman–Crippen MR) is 164 cm³/mol. The zero-order valence-corrected chi connectivity index (χ0v) is 23.3. The second-order valence-electron chi connectivity index (χ2n) is 9.81. The summed E-state index contributed by atoms with van der Waals surface area (Å²) in [5, 5.41) is 7.01. The lowest BCUT2D eigenvalue weighted by atomic mass is 10.2.